The van der Waals surface area contributed by atoms with Crippen LogP contribution in [0, 0.1) is 0 Å². The molecule has 54 heavy (non-hydrogen) atoms. The van der Waals surface area contributed by atoms with Crippen LogP contribution >= 0.6 is 0 Å². The number of esters is 1. The third-order valence-electron chi connectivity index (χ3n) is 10.6. The number of amides is 1. The number of carbonyl (C=O) groups excluding carboxylic acids is 2. The molecule has 0 aromatic carbocycles. The second-order valence-corrected chi connectivity index (χ2v) is 16.0. The van der Waals surface area contributed by atoms with Crippen molar-refractivity contribution in [2.24, 2.45) is 0 Å². The van der Waals surface area contributed by atoms with E-state index in [4.69, 9.17) is 9.84 Å². The van der Waals surface area contributed by atoms with Gasteiger partial charge in [-0.15, -0.1) is 0 Å². The van der Waals surface area contributed by atoms with Gasteiger partial charge in [-0.05, 0) is 51.0 Å². The molecule has 0 bridgehead atoms. The van der Waals surface area contributed by atoms with Gasteiger partial charge in [0.25, 0.3) is 0 Å². The van der Waals surface area contributed by atoms with Crippen molar-refractivity contribution in [3.05, 3.63) is 24.3 Å². The monoisotopic (exact) mass is 760 g/mol. The van der Waals surface area contributed by atoms with E-state index < -0.39 is 5.97 Å². The highest BCUT2D eigenvalue weighted by Crippen LogP contribution is 2.17. The Morgan fingerprint density at radius 3 is 1.37 bits per heavy atom. The number of hydrogen-bond donors (Lipinski definition) is 2. The summed E-state index contributed by atoms with van der Waals surface area (Å²) in [7, 11) is 0. The van der Waals surface area contributed by atoms with Crippen molar-refractivity contribution in [2.75, 3.05) is 6.54 Å². The van der Waals surface area contributed by atoms with Crippen molar-refractivity contribution in [3.63, 3.8) is 0 Å². The maximum absolute atomic E-state index is 12.7. The molecule has 0 saturated heterocycles. The van der Waals surface area contributed by atoms with Crippen molar-refractivity contribution in [2.45, 2.75) is 258 Å². The molecule has 1 unspecified atom stereocenters. The molecule has 6 nitrogen and oxygen atoms in total. The SMILES string of the molecule is CCCCC/C=C\C/C=C\C(CCCCCCCCC(=O)NCC(=O)O)OC(=O)CCCCCCCCCCCCCCCCCCCCCCCCC. The number of allylic oxidation sites excluding steroid dienone is 3. The molecule has 316 valence electrons. The Hall–Kier alpha value is -2.11. The first-order valence-electron chi connectivity index (χ1n) is 23.5. The summed E-state index contributed by atoms with van der Waals surface area (Å²) in [5, 5.41) is 11.1. The second kappa shape index (κ2) is 43.6. The molecule has 2 N–H and O–H groups in total. The first-order chi connectivity index (χ1) is 26.5. The second-order valence-electron chi connectivity index (χ2n) is 16.0. The molecular formula is C48H89NO5. The fourth-order valence-corrected chi connectivity index (χ4v) is 7.11. The van der Waals surface area contributed by atoms with E-state index in [1.54, 1.807) is 0 Å². The Kier molecular flexibility index (Phi) is 41.9. The van der Waals surface area contributed by atoms with Gasteiger partial charge in [0, 0.05) is 12.8 Å². The lowest BCUT2D eigenvalue weighted by Gasteiger charge is -2.14. The van der Waals surface area contributed by atoms with Gasteiger partial charge in [0.15, 0.2) is 0 Å². The Morgan fingerprint density at radius 2 is 0.907 bits per heavy atom. The molecule has 0 aliphatic carbocycles. The number of carbonyl (C=O) groups is 3. The lowest BCUT2D eigenvalue weighted by molar-refractivity contribution is -0.147. The summed E-state index contributed by atoms with van der Waals surface area (Å²) in [4.78, 5) is 34.9. The van der Waals surface area contributed by atoms with Crippen molar-refractivity contribution in [1.29, 1.82) is 0 Å². The van der Waals surface area contributed by atoms with Crippen molar-refractivity contribution < 1.29 is 24.2 Å². The zero-order chi connectivity index (χ0) is 39.4. The molecule has 0 saturated carbocycles. The van der Waals surface area contributed by atoms with E-state index in [1.807, 2.05) is 0 Å². The van der Waals surface area contributed by atoms with Gasteiger partial charge >= 0.3 is 11.9 Å². The first-order valence-corrected chi connectivity index (χ1v) is 23.5. The Bertz CT molecular complexity index is 884. The first kappa shape index (κ1) is 51.9. The fourth-order valence-electron chi connectivity index (χ4n) is 7.11. The van der Waals surface area contributed by atoms with Crippen LogP contribution < -0.4 is 5.32 Å². The van der Waals surface area contributed by atoms with E-state index in [1.165, 1.54) is 154 Å². The molecule has 0 aromatic heterocycles. The smallest absolute Gasteiger partial charge is 0.322 e. The molecule has 6 heteroatoms. The van der Waals surface area contributed by atoms with Crippen molar-refractivity contribution >= 4 is 17.8 Å². The van der Waals surface area contributed by atoms with Gasteiger partial charge in [-0.2, -0.15) is 0 Å². The summed E-state index contributed by atoms with van der Waals surface area (Å²) < 4.78 is 5.94. The number of carboxylic acid groups (broad SMARTS) is 1. The number of unbranched alkanes of at least 4 members (excludes halogenated alkanes) is 30. The van der Waals surface area contributed by atoms with E-state index in [-0.39, 0.29) is 24.5 Å². The van der Waals surface area contributed by atoms with Crippen LogP contribution in [-0.4, -0.2) is 35.6 Å². The molecule has 1 atom stereocenters. The predicted octanol–water partition coefficient (Wildman–Crippen LogP) is 14.7. The number of ether oxygens (including phenoxy) is 1. The number of nitrogens with one attached hydrogen (secondary N) is 1. The van der Waals surface area contributed by atoms with E-state index >= 15 is 0 Å². The summed E-state index contributed by atoms with van der Waals surface area (Å²) in [6, 6.07) is 0. The number of hydrogen-bond acceptors (Lipinski definition) is 4. The molecule has 0 aliphatic heterocycles. The molecule has 0 aromatic rings. The summed E-state index contributed by atoms with van der Waals surface area (Å²) in [6.45, 7) is 4.21. The fraction of sp³-hybridized carbons (Fsp3) is 0.854. The Balaban J connectivity index is 3.93. The zero-order valence-corrected chi connectivity index (χ0v) is 35.8. The van der Waals surface area contributed by atoms with Crippen LogP contribution in [0.5, 0.6) is 0 Å². The maximum atomic E-state index is 12.7. The van der Waals surface area contributed by atoms with Crippen LogP contribution in [0.3, 0.4) is 0 Å². The van der Waals surface area contributed by atoms with E-state index in [9.17, 15) is 14.4 Å². The van der Waals surface area contributed by atoms with E-state index in [0.717, 1.165) is 70.6 Å². The van der Waals surface area contributed by atoms with Crippen LogP contribution in [0.2, 0.25) is 0 Å². The third-order valence-corrected chi connectivity index (χ3v) is 10.6. The average molecular weight is 760 g/mol. The summed E-state index contributed by atoms with van der Waals surface area (Å²) >= 11 is 0. The van der Waals surface area contributed by atoms with Gasteiger partial charge in [0.05, 0.1) is 0 Å². The van der Waals surface area contributed by atoms with Crippen LogP contribution in [0.25, 0.3) is 0 Å². The molecule has 0 spiro atoms. The van der Waals surface area contributed by atoms with Gasteiger partial charge in [-0.3, -0.25) is 14.4 Å². The van der Waals surface area contributed by atoms with Crippen molar-refractivity contribution in [1.82, 2.24) is 5.32 Å². The highest BCUT2D eigenvalue weighted by atomic mass is 16.5. The highest BCUT2D eigenvalue weighted by Gasteiger charge is 2.11. The lowest BCUT2D eigenvalue weighted by Crippen LogP contribution is -2.28. The van der Waals surface area contributed by atoms with Crippen molar-refractivity contribution in [3.8, 4) is 0 Å². The summed E-state index contributed by atoms with van der Waals surface area (Å²) in [5.74, 6) is -1.28. The number of aliphatic carboxylic acids is 1. The molecule has 0 fully saturated rings. The predicted molar refractivity (Wildman–Crippen MR) is 231 cm³/mol. The van der Waals surface area contributed by atoms with E-state index in [2.05, 4.69) is 43.5 Å². The minimum absolute atomic E-state index is 0.0653. The quantitative estimate of drug-likeness (QED) is 0.0367. The Labute approximate surface area is 334 Å². The molecule has 0 rings (SSSR count). The van der Waals surface area contributed by atoms with Crippen LogP contribution in [0.4, 0.5) is 0 Å². The Morgan fingerprint density at radius 1 is 0.500 bits per heavy atom. The zero-order valence-electron chi connectivity index (χ0n) is 35.8. The summed E-state index contributed by atoms with van der Waals surface area (Å²) in [5.41, 5.74) is 0. The minimum atomic E-state index is -1.02. The summed E-state index contributed by atoms with van der Waals surface area (Å²) in [6.07, 6.45) is 53.5. The van der Waals surface area contributed by atoms with Crippen LogP contribution in [0.1, 0.15) is 251 Å². The van der Waals surface area contributed by atoms with Gasteiger partial charge in [-0.25, -0.2) is 0 Å². The van der Waals surface area contributed by atoms with Gasteiger partial charge in [0.1, 0.15) is 12.6 Å². The molecular weight excluding hydrogens is 671 g/mol. The molecule has 0 aliphatic rings. The number of rotatable bonds is 43. The average Bonchev–Trinajstić information content (AvgIpc) is 3.16. The minimum Gasteiger partial charge on any atom is -0.480 e. The van der Waals surface area contributed by atoms with Gasteiger partial charge in [-0.1, -0.05) is 212 Å². The molecule has 0 radical (unpaired) electrons. The molecule has 0 heterocycles. The standard InChI is InChI=1S/C48H89NO5/c1-3-5-7-9-11-13-14-15-16-17-18-19-20-21-22-23-24-25-26-27-29-35-39-43-48(53)54-45(40-36-32-28-12-10-8-6-4-2)41-37-33-30-31-34-38-42-46(50)49-44-47(51)52/h12,28,36,40,45H,3-11,13-27,29-35,37-39,41-44H2,1-2H3,(H,49,50)(H,51,52)/b28-12-,40-36-. The van der Waals surface area contributed by atoms with E-state index in [0.29, 0.717) is 12.8 Å². The third kappa shape index (κ3) is 42.6. The van der Waals surface area contributed by atoms with Gasteiger partial charge < -0.3 is 15.2 Å². The number of carboxylic acids is 1. The van der Waals surface area contributed by atoms with Crippen LogP contribution in [-0.2, 0) is 19.1 Å². The highest BCUT2D eigenvalue weighted by molar-refractivity contribution is 5.80. The molecule has 1 amide bonds. The largest absolute Gasteiger partial charge is 0.480 e. The lowest BCUT2D eigenvalue weighted by atomic mass is 10.0. The maximum Gasteiger partial charge on any atom is 0.322 e. The topological polar surface area (TPSA) is 92.7 Å². The van der Waals surface area contributed by atoms with Gasteiger partial charge in [0.2, 0.25) is 5.91 Å². The van der Waals surface area contributed by atoms with Crippen LogP contribution in [0.15, 0.2) is 24.3 Å². The normalized spacial score (nSPS) is 12.2.